The summed E-state index contributed by atoms with van der Waals surface area (Å²) in [5, 5.41) is 13.4. The van der Waals surface area contributed by atoms with Gasteiger partial charge in [-0.1, -0.05) is 0 Å². The molecular weight excluding hydrogens is 284 g/mol. The van der Waals surface area contributed by atoms with Crippen LogP contribution < -0.4 is 0 Å². The highest BCUT2D eigenvalue weighted by Crippen LogP contribution is 2.20. The van der Waals surface area contributed by atoms with Gasteiger partial charge >= 0.3 is 5.97 Å². The van der Waals surface area contributed by atoms with Crippen LogP contribution in [0, 0.1) is 0 Å². The predicted molar refractivity (Wildman–Crippen MR) is 77.7 cm³/mol. The van der Waals surface area contributed by atoms with Gasteiger partial charge in [0.15, 0.2) is 0 Å². The summed E-state index contributed by atoms with van der Waals surface area (Å²) in [4.78, 5) is 29.4. The van der Waals surface area contributed by atoms with Gasteiger partial charge in [0.1, 0.15) is 11.7 Å². The zero-order valence-corrected chi connectivity index (χ0v) is 11.9. The maximum Gasteiger partial charge on any atom is 0.326 e. The molecule has 114 valence electrons. The molecule has 0 saturated carbocycles. The highest BCUT2D eigenvalue weighted by Gasteiger charge is 2.33. The van der Waals surface area contributed by atoms with Crippen LogP contribution in [0.25, 0.3) is 5.69 Å². The first-order valence-electron chi connectivity index (χ1n) is 7.16. The molecule has 1 N–H and O–H groups in total. The Morgan fingerprint density at radius 3 is 2.86 bits per heavy atom. The van der Waals surface area contributed by atoms with Crippen molar-refractivity contribution in [3.05, 3.63) is 42.5 Å². The Hall–Kier alpha value is -2.70. The predicted octanol–water partition coefficient (Wildman–Crippen LogP) is 1.35. The first-order chi connectivity index (χ1) is 10.7. The van der Waals surface area contributed by atoms with E-state index in [4.69, 9.17) is 0 Å². The lowest BCUT2D eigenvalue weighted by molar-refractivity contribution is -0.143. The third kappa shape index (κ3) is 2.69. The molecule has 1 fully saturated rings. The largest absolute Gasteiger partial charge is 0.480 e. The molecule has 1 amide bonds. The Morgan fingerprint density at radius 2 is 2.14 bits per heavy atom. The molecule has 1 unspecified atom stereocenters. The van der Waals surface area contributed by atoms with Crippen LogP contribution in [-0.2, 0) is 4.79 Å². The smallest absolute Gasteiger partial charge is 0.326 e. The second-order valence-corrected chi connectivity index (χ2v) is 5.20. The lowest BCUT2D eigenvalue weighted by atomic mass is 10.0. The van der Waals surface area contributed by atoms with Crippen molar-refractivity contribution in [3.8, 4) is 5.69 Å². The van der Waals surface area contributed by atoms with Crippen LogP contribution in [0.4, 0.5) is 0 Å². The minimum Gasteiger partial charge on any atom is -0.480 e. The molecule has 1 atom stereocenters. The molecule has 0 aliphatic carbocycles. The van der Waals surface area contributed by atoms with E-state index in [2.05, 4.69) is 10.1 Å². The number of hydrogen-bond acceptors (Lipinski definition) is 4. The maximum atomic E-state index is 12.6. The molecule has 1 saturated heterocycles. The highest BCUT2D eigenvalue weighted by molar-refractivity contribution is 5.95. The van der Waals surface area contributed by atoms with E-state index in [1.54, 1.807) is 35.3 Å². The van der Waals surface area contributed by atoms with Crippen molar-refractivity contribution in [1.29, 1.82) is 0 Å². The summed E-state index contributed by atoms with van der Waals surface area (Å²) in [5.74, 6) is -1.31. The van der Waals surface area contributed by atoms with Crippen molar-refractivity contribution in [1.82, 2.24) is 19.7 Å². The van der Waals surface area contributed by atoms with Gasteiger partial charge in [-0.15, -0.1) is 0 Å². The zero-order chi connectivity index (χ0) is 15.5. The number of carboxylic acids is 1. The lowest BCUT2D eigenvalue weighted by Crippen LogP contribution is -2.48. The molecule has 1 aliphatic heterocycles. The number of carboxylic acid groups (broad SMARTS) is 1. The Morgan fingerprint density at radius 1 is 1.27 bits per heavy atom. The van der Waals surface area contributed by atoms with Gasteiger partial charge < -0.3 is 10.0 Å². The Kier molecular flexibility index (Phi) is 3.86. The van der Waals surface area contributed by atoms with E-state index in [1.807, 2.05) is 0 Å². The maximum absolute atomic E-state index is 12.6. The van der Waals surface area contributed by atoms with Gasteiger partial charge in [-0.25, -0.2) is 9.48 Å². The number of nitrogens with zero attached hydrogens (tertiary/aromatic N) is 4. The van der Waals surface area contributed by atoms with Gasteiger partial charge in [0.25, 0.3) is 5.91 Å². The minimum absolute atomic E-state index is 0.237. The van der Waals surface area contributed by atoms with Crippen molar-refractivity contribution in [2.24, 2.45) is 0 Å². The van der Waals surface area contributed by atoms with E-state index in [-0.39, 0.29) is 11.6 Å². The van der Waals surface area contributed by atoms with Crippen molar-refractivity contribution in [3.63, 3.8) is 0 Å². The molecule has 7 nitrogen and oxygen atoms in total. The van der Waals surface area contributed by atoms with E-state index in [0.717, 1.165) is 12.8 Å². The average Bonchev–Trinajstić information content (AvgIpc) is 3.09. The third-order valence-corrected chi connectivity index (χ3v) is 3.78. The van der Waals surface area contributed by atoms with Crippen LogP contribution in [0.1, 0.15) is 29.8 Å². The topological polar surface area (TPSA) is 88.3 Å². The number of rotatable bonds is 3. The summed E-state index contributed by atoms with van der Waals surface area (Å²) >= 11 is 0. The number of hydrogen-bond donors (Lipinski definition) is 1. The number of carbonyl (C=O) groups excluding carboxylic acids is 1. The van der Waals surface area contributed by atoms with Gasteiger partial charge in [-0.3, -0.25) is 9.78 Å². The fourth-order valence-corrected chi connectivity index (χ4v) is 2.68. The molecule has 1 aliphatic rings. The normalized spacial score (nSPS) is 18.2. The number of aromatic nitrogens is 3. The number of aliphatic carboxylic acids is 1. The van der Waals surface area contributed by atoms with E-state index in [0.29, 0.717) is 18.7 Å². The number of piperidine rings is 1. The van der Waals surface area contributed by atoms with E-state index in [1.165, 1.54) is 11.1 Å². The number of amides is 1. The number of pyridine rings is 1. The molecule has 22 heavy (non-hydrogen) atoms. The molecular formula is C15H16N4O3. The number of likely N-dealkylation sites (tertiary alicyclic amines) is 1. The summed E-state index contributed by atoms with van der Waals surface area (Å²) < 4.78 is 1.63. The first kappa shape index (κ1) is 14.2. The van der Waals surface area contributed by atoms with Crippen LogP contribution in [0.3, 0.4) is 0 Å². The van der Waals surface area contributed by atoms with Crippen LogP contribution in [0.2, 0.25) is 0 Å². The summed E-state index contributed by atoms with van der Waals surface area (Å²) in [5.41, 5.74) is 0.952. The van der Waals surface area contributed by atoms with E-state index >= 15 is 0 Å². The van der Waals surface area contributed by atoms with Gasteiger partial charge in [-0.2, -0.15) is 5.10 Å². The molecule has 2 aromatic heterocycles. The summed E-state index contributed by atoms with van der Waals surface area (Å²) in [6, 6.07) is 4.39. The lowest BCUT2D eigenvalue weighted by Gasteiger charge is -2.32. The fourth-order valence-electron chi connectivity index (χ4n) is 2.68. The molecule has 7 heteroatoms. The van der Waals surface area contributed by atoms with Crippen LogP contribution in [-0.4, -0.2) is 49.2 Å². The molecule has 3 heterocycles. The summed E-state index contributed by atoms with van der Waals surface area (Å²) in [7, 11) is 0. The zero-order valence-electron chi connectivity index (χ0n) is 11.9. The van der Waals surface area contributed by atoms with Crippen molar-refractivity contribution in [2.45, 2.75) is 25.3 Å². The Bertz CT molecular complexity index is 684. The molecule has 0 bridgehead atoms. The Balaban J connectivity index is 1.88. The average molecular weight is 300 g/mol. The number of carbonyl (C=O) groups is 2. The summed E-state index contributed by atoms with van der Waals surface area (Å²) in [6.07, 6.45) is 7.07. The van der Waals surface area contributed by atoms with Crippen molar-refractivity contribution < 1.29 is 14.7 Å². The van der Waals surface area contributed by atoms with Gasteiger partial charge in [0.2, 0.25) is 0 Å². The molecule has 0 spiro atoms. The molecule has 0 aromatic carbocycles. The summed E-state index contributed by atoms with van der Waals surface area (Å²) in [6.45, 7) is 0.448. The van der Waals surface area contributed by atoms with Gasteiger partial charge in [0.05, 0.1) is 5.69 Å². The molecule has 3 rings (SSSR count). The van der Waals surface area contributed by atoms with Gasteiger partial charge in [-0.05, 0) is 37.5 Å². The standard InChI is InChI=1S/C15H16N4O3/c20-14(18-8-2-1-4-13(18)15(21)22)12-10-11(5-7-16-12)19-9-3-6-17-19/h3,5-7,9-10,13H,1-2,4,8H2,(H,21,22). The van der Waals surface area contributed by atoms with Crippen LogP contribution in [0.5, 0.6) is 0 Å². The monoisotopic (exact) mass is 300 g/mol. The van der Waals surface area contributed by atoms with E-state index < -0.39 is 12.0 Å². The van der Waals surface area contributed by atoms with Gasteiger partial charge in [0, 0.05) is 25.1 Å². The quantitative estimate of drug-likeness (QED) is 0.924. The molecule has 2 aromatic rings. The third-order valence-electron chi connectivity index (χ3n) is 3.78. The molecule has 0 radical (unpaired) electrons. The first-order valence-corrected chi connectivity index (χ1v) is 7.16. The van der Waals surface area contributed by atoms with Crippen LogP contribution >= 0.6 is 0 Å². The minimum atomic E-state index is -0.962. The highest BCUT2D eigenvalue weighted by atomic mass is 16.4. The second kappa shape index (κ2) is 5.97. The SMILES string of the molecule is O=C(O)C1CCCCN1C(=O)c1cc(-n2cccn2)ccn1. The Labute approximate surface area is 127 Å². The van der Waals surface area contributed by atoms with Crippen molar-refractivity contribution in [2.75, 3.05) is 6.54 Å². The van der Waals surface area contributed by atoms with E-state index in [9.17, 15) is 14.7 Å². The fraction of sp³-hybridized carbons (Fsp3) is 0.333. The van der Waals surface area contributed by atoms with Crippen molar-refractivity contribution >= 4 is 11.9 Å². The van der Waals surface area contributed by atoms with Crippen LogP contribution in [0.15, 0.2) is 36.8 Å². The second-order valence-electron chi connectivity index (χ2n) is 5.20.